The first-order valence-electron chi connectivity index (χ1n) is 4.50. The molecule has 0 bridgehead atoms. The summed E-state index contributed by atoms with van der Waals surface area (Å²) in [6, 6.07) is 4.25. The Balaban J connectivity index is 2.76. The second kappa shape index (κ2) is 4.06. The van der Waals surface area contributed by atoms with Crippen molar-refractivity contribution in [3.63, 3.8) is 0 Å². The van der Waals surface area contributed by atoms with E-state index in [1.807, 2.05) is 0 Å². The number of hydrogen-bond acceptors (Lipinski definition) is 2. The average Bonchev–Trinajstić information content (AvgIpc) is 2.59. The molecule has 0 amide bonds. The highest BCUT2D eigenvalue weighted by molar-refractivity contribution is 14.1. The maximum atomic E-state index is 5.28. The Morgan fingerprint density at radius 2 is 2.21 bits per heavy atom. The van der Waals surface area contributed by atoms with Crippen molar-refractivity contribution in [3.05, 3.63) is 26.6 Å². The van der Waals surface area contributed by atoms with E-state index in [9.17, 15) is 0 Å². The maximum Gasteiger partial charge on any atom is 0.120 e. The number of halogens is 1. The predicted octanol–water partition coefficient (Wildman–Crippen LogP) is 4.08. The molecule has 0 aliphatic rings. The molecule has 0 aliphatic carbocycles. The van der Waals surface area contributed by atoms with Gasteiger partial charge in [-0.1, -0.05) is 6.92 Å². The zero-order chi connectivity index (χ0) is 10.1. The molecule has 1 heterocycles. The molecule has 2 aromatic rings. The van der Waals surface area contributed by atoms with Crippen LogP contribution in [0, 0.1) is 3.57 Å². The van der Waals surface area contributed by atoms with Gasteiger partial charge in [0.15, 0.2) is 0 Å². The topological polar surface area (TPSA) is 9.23 Å². The molecule has 0 N–H and O–H groups in total. The van der Waals surface area contributed by atoms with Crippen molar-refractivity contribution in [2.75, 3.05) is 7.11 Å². The predicted molar refractivity (Wildman–Crippen MR) is 70.5 cm³/mol. The van der Waals surface area contributed by atoms with Crippen LogP contribution in [0.15, 0.2) is 17.5 Å². The molecule has 74 valence electrons. The van der Waals surface area contributed by atoms with Gasteiger partial charge in [0.05, 0.1) is 7.11 Å². The number of rotatable bonds is 2. The van der Waals surface area contributed by atoms with Gasteiger partial charge >= 0.3 is 0 Å². The van der Waals surface area contributed by atoms with Gasteiger partial charge in [-0.15, -0.1) is 11.3 Å². The summed E-state index contributed by atoms with van der Waals surface area (Å²) >= 11 is 4.18. The summed E-state index contributed by atoms with van der Waals surface area (Å²) < 4.78 is 7.95. The van der Waals surface area contributed by atoms with Crippen LogP contribution in [0.3, 0.4) is 0 Å². The minimum Gasteiger partial charge on any atom is -0.497 e. The van der Waals surface area contributed by atoms with Gasteiger partial charge in [0.25, 0.3) is 0 Å². The monoisotopic (exact) mass is 318 g/mol. The molecule has 0 fully saturated rings. The third kappa shape index (κ3) is 1.63. The van der Waals surface area contributed by atoms with Gasteiger partial charge in [-0.05, 0) is 46.7 Å². The molecule has 0 atom stereocenters. The van der Waals surface area contributed by atoms with Crippen LogP contribution < -0.4 is 4.74 Å². The SMILES string of the molecule is CCc1cc(OC)cc2scc(I)c12. The van der Waals surface area contributed by atoms with Crippen molar-refractivity contribution in [1.29, 1.82) is 0 Å². The van der Waals surface area contributed by atoms with E-state index in [-0.39, 0.29) is 0 Å². The minimum atomic E-state index is 0.965. The summed E-state index contributed by atoms with van der Waals surface area (Å²) in [5, 5.41) is 3.60. The van der Waals surface area contributed by atoms with Crippen molar-refractivity contribution < 1.29 is 4.74 Å². The van der Waals surface area contributed by atoms with E-state index in [0.29, 0.717) is 0 Å². The first kappa shape index (κ1) is 10.2. The molecule has 0 radical (unpaired) electrons. The van der Waals surface area contributed by atoms with Crippen LogP contribution in [-0.4, -0.2) is 7.11 Å². The molecule has 1 aromatic carbocycles. The molecular weight excluding hydrogens is 307 g/mol. The number of fused-ring (bicyclic) bond motifs is 1. The molecule has 1 aromatic heterocycles. The summed E-state index contributed by atoms with van der Waals surface area (Å²) in [5.74, 6) is 0.965. The molecule has 3 heteroatoms. The van der Waals surface area contributed by atoms with E-state index < -0.39 is 0 Å². The molecule has 0 unspecified atom stereocenters. The molecule has 0 aliphatic heterocycles. The number of ether oxygens (including phenoxy) is 1. The molecule has 0 saturated heterocycles. The van der Waals surface area contributed by atoms with Crippen molar-refractivity contribution in [2.24, 2.45) is 0 Å². The Kier molecular flexibility index (Phi) is 2.97. The Labute approximate surface area is 101 Å². The van der Waals surface area contributed by atoms with Crippen LogP contribution in [0.1, 0.15) is 12.5 Å². The summed E-state index contributed by atoms with van der Waals surface area (Å²) in [6.07, 6.45) is 1.06. The highest BCUT2D eigenvalue weighted by atomic mass is 127. The summed E-state index contributed by atoms with van der Waals surface area (Å²) in [4.78, 5) is 0. The van der Waals surface area contributed by atoms with Gasteiger partial charge in [0, 0.05) is 19.0 Å². The van der Waals surface area contributed by atoms with Gasteiger partial charge in [-0.2, -0.15) is 0 Å². The molecule has 1 nitrogen and oxygen atoms in total. The van der Waals surface area contributed by atoms with Gasteiger partial charge in [0.2, 0.25) is 0 Å². The fourth-order valence-electron chi connectivity index (χ4n) is 1.58. The van der Waals surface area contributed by atoms with E-state index in [1.165, 1.54) is 19.2 Å². The molecule has 0 spiro atoms. The zero-order valence-electron chi connectivity index (χ0n) is 8.13. The lowest BCUT2D eigenvalue weighted by Gasteiger charge is -2.05. The van der Waals surface area contributed by atoms with E-state index in [4.69, 9.17) is 4.74 Å². The number of thiophene rings is 1. The van der Waals surface area contributed by atoms with E-state index >= 15 is 0 Å². The van der Waals surface area contributed by atoms with Gasteiger partial charge in [-0.25, -0.2) is 0 Å². The second-order valence-corrected chi connectivity index (χ2v) is 5.17. The van der Waals surface area contributed by atoms with Crippen LogP contribution in [0.2, 0.25) is 0 Å². The number of methoxy groups -OCH3 is 1. The summed E-state index contributed by atoms with van der Waals surface area (Å²) in [7, 11) is 1.72. The van der Waals surface area contributed by atoms with Crippen LogP contribution in [-0.2, 0) is 6.42 Å². The number of benzene rings is 1. The molecule has 14 heavy (non-hydrogen) atoms. The average molecular weight is 318 g/mol. The van der Waals surface area contributed by atoms with Crippen molar-refractivity contribution in [1.82, 2.24) is 0 Å². The highest BCUT2D eigenvalue weighted by Crippen LogP contribution is 2.33. The molecule has 2 rings (SSSR count). The highest BCUT2D eigenvalue weighted by Gasteiger charge is 2.08. The van der Waals surface area contributed by atoms with Gasteiger partial charge in [-0.3, -0.25) is 0 Å². The van der Waals surface area contributed by atoms with Gasteiger partial charge in [0.1, 0.15) is 5.75 Å². The fraction of sp³-hybridized carbons (Fsp3) is 0.273. The number of hydrogen-bond donors (Lipinski definition) is 0. The third-order valence-corrected chi connectivity index (χ3v) is 4.51. The van der Waals surface area contributed by atoms with E-state index in [1.54, 1.807) is 18.4 Å². The van der Waals surface area contributed by atoms with Crippen LogP contribution in [0.5, 0.6) is 5.75 Å². The lowest BCUT2D eigenvalue weighted by Crippen LogP contribution is -1.87. The second-order valence-electron chi connectivity index (χ2n) is 3.10. The molecule has 0 saturated carbocycles. The first-order chi connectivity index (χ1) is 6.76. The Morgan fingerprint density at radius 1 is 1.43 bits per heavy atom. The molecular formula is C11H11IOS. The van der Waals surface area contributed by atoms with E-state index in [0.717, 1.165) is 12.2 Å². The van der Waals surface area contributed by atoms with Crippen molar-refractivity contribution in [3.8, 4) is 5.75 Å². The number of aryl methyl sites for hydroxylation is 1. The maximum absolute atomic E-state index is 5.28. The zero-order valence-corrected chi connectivity index (χ0v) is 11.1. The third-order valence-electron chi connectivity index (χ3n) is 2.30. The lowest BCUT2D eigenvalue weighted by atomic mass is 10.1. The van der Waals surface area contributed by atoms with Crippen molar-refractivity contribution >= 4 is 44.0 Å². The fourth-order valence-corrected chi connectivity index (χ4v) is 3.67. The quantitative estimate of drug-likeness (QED) is 0.758. The van der Waals surface area contributed by atoms with Crippen LogP contribution in [0.4, 0.5) is 0 Å². The standard InChI is InChI=1S/C11H11IOS/c1-3-7-4-8(13-2)5-10-11(7)9(12)6-14-10/h4-6H,3H2,1-2H3. The summed E-state index contributed by atoms with van der Waals surface area (Å²) in [5.41, 5.74) is 1.38. The first-order valence-corrected chi connectivity index (χ1v) is 6.45. The largest absolute Gasteiger partial charge is 0.497 e. The Morgan fingerprint density at radius 3 is 2.86 bits per heavy atom. The lowest BCUT2D eigenvalue weighted by molar-refractivity contribution is 0.415. The normalized spacial score (nSPS) is 10.8. The van der Waals surface area contributed by atoms with Crippen LogP contribution in [0.25, 0.3) is 10.1 Å². The van der Waals surface area contributed by atoms with Crippen molar-refractivity contribution in [2.45, 2.75) is 13.3 Å². The van der Waals surface area contributed by atoms with Crippen LogP contribution >= 0.6 is 33.9 Å². The van der Waals surface area contributed by atoms with E-state index in [2.05, 4.69) is 47.0 Å². The van der Waals surface area contributed by atoms with Gasteiger partial charge < -0.3 is 4.74 Å². The Bertz CT molecular complexity index is 462. The summed E-state index contributed by atoms with van der Waals surface area (Å²) in [6.45, 7) is 2.18. The smallest absolute Gasteiger partial charge is 0.120 e. The Hall–Kier alpha value is -0.290. The minimum absolute atomic E-state index is 0.965.